The van der Waals surface area contributed by atoms with Crippen molar-refractivity contribution in [3.63, 3.8) is 0 Å². The average Bonchev–Trinajstić information content (AvgIpc) is 3.27. The summed E-state index contributed by atoms with van der Waals surface area (Å²) in [6.45, 7) is 2.45. The normalized spacial score (nSPS) is 18.4. The van der Waals surface area contributed by atoms with Gasteiger partial charge in [-0.15, -0.1) is 0 Å². The molecule has 38 heavy (non-hydrogen) atoms. The van der Waals surface area contributed by atoms with Gasteiger partial charge in [0.25, 0.3) is 5.91 Å². The molecule has 1 aromatic heterocycles. The fourth-order valence-corrected chi connectivity index (χ4v) is 3.66. The zero-order chi connectivity index (χ0) is 27.7. The highest BCUT2D eigenvalue weighted by Crippen LogP contribution is 2.31. The third-order valence-corrected chi connectivity index (χ3v) is 5.65. The molecule has 3 rings (SSSR count). The van der Waals surface area contributed by atoms with Crippen molar-refractivity contribution in [1.82, 2.24) is 9.55 Å². The molecule has 1 fully saturated rings. The van der Waals surface area contributed by atoms with Gasteiger partial charge in [-0.1, -0.05) is 18.2 Å². The maximum Gasteiger partial charge on any atom is 0.351 e. The molecule has 3 atom stereocenters. The van der Waals surface area contributed by atoms with Gasteiger partial charge in [0.1, 0.15) is 42.4 Å². The van der Waals surface area contributed by atoms with Crippen molar-refractivity contribution in [2.45, 2.75) is 64.4 Å². The average molecular weight is 528 g/mol. The predicted octanol–water partition coefficient (Wildman–Crippen LogP) is 1.98. The third kappa shape index (κ3) is 8.44. The van der Waals surface area contributed by atoms with E-state index in [9.17, 15) is 28.8 Å². The maximum absolute atomic E-state index is 12.7. The lowest BCUT2D eigenvalue weighted by atomic mass is 10.1. The summed E-state index contributed by atoms with van der Waals surface area (Å²) in [7, 11) is 0. The van der Waals surface area contributed by atoms with Crippen LogP contribution < -0.4 is 11.0 Å². The number of nitrogens with one attached hydrogen (secondary N) is 1. The SMILES string of the molecule is CC(=O)CCC(=O)OC[C@H]1O[C@H](n2ccc(NC(=O)c3ccccc3)nc2=O)C[C@@H]1OC(=O)CCC(C)=O. The Morgan fingerprint density at radius 2 is 1.63 bits per heavy atom. The van der Waals surface area contributed by atoms with Crippen molar-refractivity contribution >= 4 is 35.2 Å². The number of hydrogen-bond donors (Lipinski definition) is 1. The first kappa shape index (κ1) is 28.4. The van der Waals surface area contributed by atoms with E-state index in [2.05, 4.69) is 10.3 Å². The van der Waals surface area contributed by atoms with Crippen molar-refractivity contribution in [3.8, 4) is 0 Å². The highest BCUT2D eigenvalue weighted by atomic mass is 16.6. The molecule has 0 unspecified atom stereocenters. The number of aromatic nitrogens is 2. The van der Waals surface area contributed by atoms with Crippen LogP contribution >= 0.6 is 0 Å². The number of amides is 1. The third-order valence-electron chi connectivity index (χ3n) is 5.65. The summed E-state index contributed by atoms with van der Waals surface area (Å²) in [5.74, 6) is -1.97. The summed E-state index contributed by atoms with van der Waals surface area (Å²) in [4.78, 5) is 75.5. The van der Waals surface area contributed by atoms with Crippen molar-refractivity contribution in [1.29, 1.82) is 0 Å². The maximum atomic E-state index is 12.7. The number of anilines is 1. The molecule has 2 aromatic rings. The van der Waals surface area contributed by atoms with E-state index in [4.69, 9.17) is 14.2 Å². The topological polar surface area (TPSA) is 160 Å². The van der Waals surface area contributed by atoms with Crippen LogP contribution in [0.4, 0.5) is 5.82 Å². The zero-order valence-corrected chi connectivity index (χ0v) is 21.1. The van der Waals surface area contributed by atoms with Gasteiger partial charge in [0.05, 0.1) is 12.8 Å². The summed E-state index contributed by atoms with van der Waals surface area (Å²) in [5.41, 5.74) is -0.325. The van der Waals surface area contributed by atoms with E-state index in [-0.39, 0.29) is 56.1 Å². The lowest BCUT2D eigenvalue weighted by Crippen LogP contribution is -2.32. The number of benzene rings is 1. The molecule has 0 saturated carbocycles. The second kappa shape index (κ2) is 13.4. The number of ketones is 2. The van der Waals surface area contributed by atoms with Crippen molar-refractivity contribution in [2.24, 2.45) is 0 Å². The van der Waals surface area contributed by atoms with Crippen molar-refractivity contribution < 1.29 is 38.2 Å². The van der Waals surface area contributed by atoms with Gasteiger partial charge < -0.3 is 29.1 Å². The summed E-state index contributed by atoms with van der Waals surface area (Å²) in [6, 6.07) is 9.85. The summed E-state index contributed by atoms with van der Waals surface area (Å²) in [6.07, 6.45) is -1.41. The Balaban J connectivity index is 1.69. The van der Waals surface area contributed by atoms with Gasteiger partial charge in [-0.2, -0.15) is 4.98 Å². The molecule has 1 aliphatic rings. The Labute approximate surface area is 218 Å². The Kier molecular flexibility index (Phi) is 9.99. The van der Waals surface area contributed by atoms with Crippen LogP contribution in [0.25, 0.3) is 0 Å². The molecule has 12 nitrogen and oxygen atoms in total. The number of rotatable bonds is 12. The van der Waals surface area contributed by atoms with Crippen LogP contribution in [-0.2, 0) is 33.4 Å². The van der Waals surface area contributed by atoms with Crippen LogP contribution in [0.15, 0.2) is 47.4 Å². The lowest BCUT2D eigenvalue weighted by molar-refractivity contribution is -0.159. The number of nitrogens with zero attached hydrogens (tertiary/aromatic N) is 2. The summed E-state index contributed by atoms with van der Waals surface area (Å²) >= 11 is 0. The first-order valence-corrected chi connectivity index (χ1v) is 12.1. The second-order valence-electron chi connectivity index (χ2n) is 8.80. The Morgan fingerprint density at radius 3 is 2.26 bits per heavy atom. The van der Waals surface area contributed by atoms with E-state index in [1.807, 2.05) is 0 Å². The minimum atomic E-state index is -0.902. The van der Waals surface area contributed by atoms with E-state index in [0.29, 0.717) is 5.56 Å². The van der Waals surface area contributed by atoms with Crippen LogP contribution in [0, 0.1) is 0 Å². The first-order valence-electron chi connectivity index (χ1n) is 12.1. The van der Waals surface area contributed by atoms with E-state index >= 15 is 0 Å². The van der Waals surface area contributed by atoms with Gasteiger partial charge in [0.2, 0.25) is 0 Å². The molecular formula is C26H29N3O9. The second-order valence-corrected chi connectivity index (χ2v) is 8.80. The molecule has 1 amide bonds. The summed E-state index contributed by atoms with van der Waals surface area (Å²) in [5, 5.41) is 2.55. The molecule has 0 bridgehead atoms. The molecule has 2 heterocycles. The van der Waals surface area contributed by atoms with Crippen LogP contribution in [0.5, 0.6) is 0 Å². The standard InChI is InChI=1S/C26H29N3O9/c1-16(30)8-10-23(32)36-15-20-19(38-24(33)11-9-17(2)31)14-22(37-20)29-13-12-21(28-26(29)35)27-25(34)18-6-4-3-5-7-18/h3-7,12-13,19-20,22H,8-11,14-15H2,1-2H3,(H,27,28,34,35)/t19-,20+,22-/m0/s1. The Bertz CT molecular complexity index is 1240. The Morgan fingerprint density at radius 1 is 0.974 bits per heavy atom. The largest absolute Gasteiger partial charge is 0.463 e. The molecule has 1 aromatic carbocycles. The minimum Gasteiger partial charge on any atom is -0.463 e. The number of carbonyl (C=O) groups excluding carboxylic acids is 5. The van der Waals surface area contributed by atoms with Gasteiger partial charge in [0, 0.05) is 31.0 Å². The number of carbonyl (C=O) groups is 5. The van der Waals surface area contributed by atoms with Gasteiger partial charge in [0.15, 0.2) is 0 Å². The van der Waals surface area contributed by atoms with Gasteiger partial charge in [-0.05, 0) is 32.0 Å². The van der Waals surface area contributed by atoms with Crippen LogP contribution in [-0.4, -0.2) is 57.8 Å². The molecule has 202 valence electrons. The van der Waals surface area contributed by atoms with Crippen LogP contribution in [0.3, 0.4) is 0 Å². The number of Topliss-reactive ketones (excluding diaryl/α,β-unsaturated/α-hetero) is 2. The molecule has 1 N–H and O–H groups in total. The lowest BCUT2D eigenvalue weighted by Gasteiger charge is -2.19. The number of esters is 2. The predicted molar refractivity (Wildman–Crippen MR) is 132 cm³/mol. The molecule has 1 aliphatic heterocycles. The highest BCUT2D eigenvalue weighted by molar-refractivity contribution is 6.03. The minimum absolute atomic E-state index is 0.0140. The molecular weight excluding hydrogens is 498 g/mol. The molecule has 0 radical (unpaired) electrons. The van der Waals surface area contributed by atoms with E-state index < -0.39 is 42.0 Å². The smallest absolute Gasteiger partial charge is 0.351 e. The van der Waals surface area contributed by atoms with E-state index in [1.165, 1.54) is 30.7 Å². The Hall–Kier alpha value is -4.19. The molecule has 0 spiro atoms. The van der Waals surface area contributed by atoms with Gasteiger partial charge in [-0.25, -0.2) is 4.79 Å². The highest BCUT2D eigenvalue weighted by Gasteiger charge is 2.40. The zero-order valence-electron chi connectivity index (χ0n) is 21.1. The molecule has 1 saturated heterocycles. The fraction of sp³-hybridized carbons (Fsp3) is 0.423. The number of hydrogen-bond acceptors (Lipinski definition) is 10. The van der Waals surface area contributed by atoms with Crippen LogP contribution in [0.1, 0.15) is 62.5 Å². The van der Waals surface area contributed by atoms with Crippen LogP contribution in [0.2, 0.25) is 0 Å². The van der Waals surface area contributed by atoms with E-state index in [0.717, 1.165) is 0 Å². The quantitative estimate of drug-likeness (QED) is 0.404. The van der Waals surface area contributed by atoms with Crippen molar-refractivity contribution in [2.75, 3.05) is 11.9 Å². The fourth-order valence-electron chi connectivity index (χ4n) is 3.66. The molecule has 0 aliphatic carbocycles. The van der Waals surface area contributed by atoms with Gasteiger partial charge >= 0.3 is 17.6 Å². The number of ether oxygens (including phenoxy) is 3. The monoisotopic (exact) mass is 527 g/mol. The van der Waals surface area contributed by atoms with E-state index in [1.54, 1.807) is 30.3 Å². The van der Waals surface area contributed by atoms with Gasteiger partial charge in [-0.3, -0.25) is 19.0 Å². The van der Waals surface area contributed by atoms with Crippen molar-refractivity contribution in [3.05, 3.63) is 58.6 Å². The first-order chi connectivity index (χ1) is 18.1. The molecule has 12 heteroatoms. The summed E-state index contributed by atoms with van der Waals surface area (Å²) < 4.78 is 17.7.